The van der Waals surface area contributed by atoms with Crippen molar-refractivity contribution in [1.82, 2.24) is 4.41 Å². The first-order valence-corrected chi connectivity index (χ1v) is 9.49. The fourth-order valence-corrected chi connectivity index (χ4v) is 3.89. The number of ether oxygens (including phenoxy) is 2. The largest absolute Gasteiger partial charge is 0.454 e. The molecule has 130 valence electrons. The number of halogens is 1. The van der Waals surface area contributed by atoms with Crippen LogP contribution in [0.2, 0.25) is 0 Å². The van der Waals surface area contributed by atoms with E-state index < -0.39 is 16.1 Å². The van der Waals surface area contributed by atoms with Crippen molar-refractivity contribution in [2.75, 3.05) is 13.0 Å². The Morgan fingerprint density at radius 2 is 1.84 bits per heavy atom. The summed E-state index contributed by atoms with van der Waals surface area (Å²) in [6, 6.07) is 10.7. The fraction of sp³-hybridized carbons (Fsp3) is 0.235. The first-order chi connectivity index (χ1) is 11.9. The predicted octanol–water partition coefficient (Wildman–Crippen LogP) is 2.67. The van der Waals surface area contributed by atoms with Crippen LogP contribution in [0.25, 0.3) is 0 Å². The lowest BCUT2D eigenvalue weighted by molar-refractivity contribution is 0.174. The van der Waals surface area contributed by atoms with Gasteiger partial charge in [-0.25, -0.2) is 12.8 Å². The summed E-state index contributed by atoms with van der Waals surface area (Å²) in [6.45, 7) is 0.149. The number of benzene rings is 2. The fourth-order valence-electron chi connectivity index (χ4n) is 2.98. The standard InChI is InChI=1S/C17H15FN2O4S/c1-25(21,22)20-15(12-4-7-16-17(8-12)24-10-23-16)9-14(19-20)11-2-5-13(18)6-3-11/h2-8,15H,9-10H2,1H3/t15-/m1/s1. The van der Waals surface area contributed by atoms with Crippen molar-refractivity contribution in [3.05, 3.63) is 59.4 Å². The molecule has 0 fully saturated rings. The SMILES string of the molecule is CS(=O)(=O)N1N=C(c2ccc(F)cc2)C[C@@H]1c1ccc2c(c1)OCO2. The van der Waals surface area contributed by atoms with E-state index in [4.69, 9.17) is 9.47 Å². The highest BCUT2D eigenvalue weighted by Gasteiger charge is 2.35. The van der Waals surface area contributed by atoms with Gasteiger partial charge in [-0.05, 0) is 35.4 Å². The Morgan fingerprint density at radius 3 is 2.56 bits per heavy atom. The molecule has 0 spiro atoms. The van der Waals surface area contributed by atoms with Crippen molar-refractivity contribution in [1.29, 1.82) is 0 Å². The molecule has 4 rings (SSSR count). The smallest absolute Gasteiger partial charge is 0.247 e. The average molecular weight is 362 g/mol. The molecule has 25 heavy (non-hydrogen) atoms. The van der Waals surface area contributed by atoms with Crippen LogP contribution in [0.15, 0.2) is 47.6 Å². The molecule has 2 aliphatic rings. The van der Waals surface area contributed by atoms with Gasteiger partial charge in [0.15, 0.2) is 11.5 Å². The second kappa shape index (κ2) is 5.73. The van der Waals surface area contributed by atoms with E-state index in [1.165, 1.54) is 12.1 Å². The van der Waals surface area contributed by atoms with Gasteiger partial charge in [-0.1, -0.05) is 18.2 Å². The maximum absolute atomic E-state index is 13.1. The molecule has 0 aliphatic carbocycles. The topological polar surface area (TPSA) is 68.2 Å². The number of fused-ring (bicyclic) bond motifs is 1. The maximum atomic E-state index is 13.1. The van der Waals surface area contributed by atoms with E-state index in [-0.39, 0.29) is 12.6 Å². The summed E-state index contributed by atoms with van der Waals surface area (Å²) >= 11 is 0. The third kappa shape index (κ3) is 2.93. The molecule has 0 amide bonds. The summed E-state index contributed by atoms with van der Waals surface area (Å²) in [6.07, 6.45) is 1.50. The summed E-state index contributed by atoms with van der Waals surface area (Å²) in [5.74, 6) is 0.864. The van der Waals surface area contributed by atoms with Crippen LogP contribution in [0, 0.1) is 5.82 Å². The minimum Gasteiger partial charge on any atom is -0.454 e. The van der Waals surface area contributed by atoms with E-state index in [2.05, 4.69) is 5.10 Å². The molecule has 0 unspecified atom stereocenters. The molecule has 2 aliphatic heterocycles. The van der Waals surface area contributed by atoms with Crippen molar-refractivity contribution in [3.63, 3.8) is 0 Å². The van der Waals surface area contributed by atoms with Crippen LogP contribution in [0.1, 0.15) is 23.6 Å². The lowest BCUT2D eigenvalue weighted by atomic mass is 9.99. The van der Waals surface area contributed by atoms with E-state index in [9.17, 15) is 12.8 Å². The molecule has 2 heterocycles. The average Bonchev–Trinajstić information content (AvgIpc) is 3.21. The van der Waals surface area contributed by atoms with E-state index in [1.54, 1.807) is 30.3 Å². The number of hydrogen-bond acceptors (Lipinski definition) is 5. The van der Waals surface area contributed by atoms with Gasteiger partial charge in [0.1, 0.15) is 5.82 Å². The molecular weight excluding hydrogens is 347 g/mol. The van der Waals surface area contributed by atoms with Crippen molar-refractivity contribution in [3.8, 4) is 11.5 Å². The Labute approximate surface area is 144 Å². The molecule has 0 radical (unpaired) electrons. The molecule has 0 aromatic heterocycles. The van der Waals surface area contributed by atoms with Gasteiger partial charge in [0, 0.05) is 6.42 Å². The second-order valence-electron chi connectivity index (χ2n) is 5.92. The lowest BCUT2D eigenvalue weighted by Crippen LogP contribution is -2.25. The third-order valence-corrected chi connectivity index (χ3v) is 5.19. The molecular formula is C17H15FN2O4S. The highest BCUT2D eigenvalue weighted by Crippen LogP contribution is 2.40. The van der Waals surface area contributed by atoms with Crippen LogP contribution in [0.3, 0.4) is 0 Å². The quantitative estimate of drug-likeness (QED) is 0.842. The zero-order valence-electron chi connectivity index (χ0n) is 13.3. The van der Waals surface area contributed by atoms with Gasteiger partial charge in [0.2, 0.25) is 16.8 Å². The molecule has 0 N–H and O–H groups in total. The Bertz CT molecular complexity index is 957. The summed E-state index contributed by atoms with van der Waals surface area (Å²) < 4.78 is 49.3. The molecule has 0 saturated carbocycles. The Morgan fingerprint density at radius 1 is 1.12 bits per heavy atom. The number of hydrogen-bond donors (Lipinski definition) is 0. The van der Waals surface area contributed by atoms with Gasteiger partial charge in [-0.2, -0.15) is 9.52 Å². The summed E-state index contributed by atoms with van der Waals surface area (Å²) in [7, 11) is -3.56. The van der Waals surface area contributed by atoms with E-state index in [0.717, 1.165) is 16.2 Å². The van der Waals surface area contributed by atoms with E-state index in [0.29, 0.717) is 29.2 Å². The molecule has 0 bridgehead atoms. The van der Waals surface area contributed by atoms with Gasteiger partial charge in [-0.3, -0.25) is 0 Å². The zero-order valence-corrected chi connectivity index (χ0v) is 14.2. The minimum absolute atomic E-state index is 0.149. The Hall–Kier alpha value is -2.61. The molecule has 6 nitrogen and oxygen atoms in total. The zero-order chi connectivity index (χ0) is 17.6. The van der Waals surface area contributed by atoms with E-state index in [1.807, 2.05) is 0 Å². The predicted molar refractivity (Wildman–Crippen MR) is 89.5 cm³/mol. The van der Waals surface area contributed by atoms with Gasteiger partial charge < -0.3 is 9.47 Å². The number of rotatable bonds is 3. The molecule has 1 atom stereocenters. The van der Waals surface area contributed by atoms with Crippen LogP contribution in [-0.2, 0) is 10.0 Å². The Kier molecular flexibility index (Phi) is 3.64. The van der Waals surface area contributed by atoms with Gasteiger partial charge in [0.25, 0.3) is 0 Å². The number of hydrazone groups is 1. The summed E-state index contributed by atoms with van der Waals surface area (Å²) in [5.41, 5.74) is 2.04. The first-order valence-electron chi connectivity index (χ1n) is 7.64. The molecule has 8 heteroatoms. The van der Waals surface area contributed by atoms with Crippen molar-refractivity contribution in [2.45, 2.75) is 12.5 Å². The van der Waals surface area contributed by atoms with Crippen molar-refractivity contribution < 1.29 is 22.3 Å². The van der Waals surface area contributed by atoms with Crippen LogP contribution in [0.5, 0.6) is 11.5 Å². The number of sulfonamides is 1. The molecule has 2 aromatic rings. The lowest BCUT2D eigenvalue weighted by Gasteiger charge is -2.21. The number of nitrogens with zero attached hydrogens (tertiary/aromatic N) is 2. The molecule has 0 saturated heterocycles. The monoisotopic (exact) mass is 362 g/mol. The van der Waals surface area contributed by atoms with E-state index >= 15 is 0 Å². The van der Waals surface area contributed by atoms with Crippen LogP contribution < -0.4 is 9.47 Å². The first kappa shape index (κ1) is 15.9. The van der Waals surface area contributed by atoms with Gasteiger partial charge in [0.05, 0.1) is 18.0 Å². The second-order valence-corrected chi connectivity index (χ2v) is 7.76. The Balaban J connectivity index is 1.72. The third-order valence-electron chi connectivity index (χ3n) is 4.17. The van der Waals surface area contributed by atoms with Crippen molar-refractivity contribution >= 4 is 15.7 Å². The van der Waals surface area contributed by atoms with Crippen LogP contribution in [0.4, 0.5) is 4.39 Å². The van der Waals surface area contributed by atoms with Crippen LogP contribution in [-0.4, -0.2) is 31.6 Å². The van der Waals surface area contributed by atoms with Crippen LogP contribution >= 0.6 is 0 Å². The molecule has 2 aromatic carbocycles. The maximum Gasteiger partial charge on any atom is 0.247 e. The van der Waals surface area contributed by atoms with Crippen molar-refractivity contribution in [2.24, 2.45) is 5.10 Å². The highest BCUT2D eigenvalue weighted by atomic mass is 32.2. The van der Waals surface area contributed by atoms with Gasteiger partial charge in [-0.15, -0.1) is 0 Å². The summed E-state index contributed by atoms with van der Waals surface area (Å²) in [4.78, 5) is 0. The van der Waals surface area contributed by atoms with Gasteiger partial charge >= 0.3 is 0 Å². The normalized spacial score (nSPS) is 19.2. The highest BCUT2D eigenvalue weighted by molar-refractivity contribution is 7.88. The summed E-state index contributed by atoms with van der Waals surface area (Å²) in [5, 5.41) is 4.28. The minimum atomic E-state index is -3.56.